The second-order valence-electron chi connectivity index (χ2n) is 5.42. The minimum atomic E-state index is -0.112. The Morgan fingerprint density at radius 3 is 2.36 bits per heavy atom. The summed E-state index contributed by atoms with van der Waals surface area (Å²) < 4.78 is 1.48. The Balaban J connectivity index is 1.76. The Hall–Kier alpha value is -1.60. The molecule has 0 saturated carbocycles. The van der Waals surface area contributed by atoms with E-state index in [2.05, 4.69) is 21.8 Å². The minimum Gasteiger partial charge on any atom is -0.348 e. The summed E-state index contributed by atoms with van der Waals surface area (Å²) >= 11 is 7.69. The summed E-state index contributed by atoms with van der Waals surface area (Å²) in [6, 6.07) is 0. The summed E-state index contributed by atoms with van der Waals surface area (Å²) in [5.74, 6) is 0.432. The molecule has 2 aromatic rings. The SMILES string of the molecule is Cc1nc(N2CCN(c3nc(Cl)cn(C)c3=O)CC2)sc1C. The Kier molecular flexibility index (Phi) is 4.10. The number of aryl methyl sites for hydroxylation is 3. The van der Waals surface area contributed by atoms with Crippen molar-refractivity contribution in [2.45, 2.75) is 13.8 Å². The van der Waals surface area contributed by atoms with E-state index in [0.717, 1.165) is 37.0 Å². The largest absolute Gasteiger partial charge is 0.348 e. The lowest BCUT2D eigenvalue weighted by Gasteiger charge is -2.34. The third-order valence-electron chi connectivity index (χ3n) is 3.89. The second-order valence-corrected chi connectivity index (χ2v) is 6.98. The molecule has 0 aromatic carbocycles. The molecule has 22 heavy (non-hydrogen) atoms. The summed E-state index contributed by atoms with van der Waals surface area (Å²) in [7, 11) is 1.69. The first-order valence-corrected chi connectivity index (χ1v) is 8.32. The number of thiazole rings is 1. The van der Waals surface area contributed by atoms with Crippen LogP contribution in [0.25, 0.3) is 0 Å². The van der Waals surface area contributed by atoms with Gasteiger partial charge in [-0.05, 0) is 13.8 Å². The lowest BCUT2D eigenvalue weighted by molar-refractivity contribution is 0.638. The fourth-order valence-corrected chi connectivity index (χ4v) is 3.65. The summed E-state index contributed by atoms with van der Waals surface area (Å²) in [5, 5.41) is 1.40. The topological polar surface area (TPSA) is 54.3 Å². The van der Waals surface area contributed by atoms with Crippen molar-refractivity contribution in [2.75, 3.05) is 36.0 Å². The first kappa shape index (κ1) is 15.3. The molecule has 0 spiro atoms. The number of rotatable bonds is 2. The molecule has 1 saturated heterocycles. The van der Waals surface area contributed by atoms with Gasteiger partial charge in [-0.2, -0.15) is 0 Å². The molecular weight excluding hydrogens is 322 g/mol. The van der Waals surface area contributed by atoms with Crippen molar-refractivity contribution in [1.82, 2.24) is 14.5 Å². The number of aromatic nitrogens is 3. The minimum absolute atomic E-state index is 0.112. The molecule has 118 valence electrons. The van der Waals surface area contributed by atoms with Gasteiger partial charge in [0.15, 0.2) is 10.9 Å². The van der Waals surface area contributed by atoms with E-state index >= 15 is 0 Å². The van der Waals surface area contributed by atoms with Crippen LogP contribution in [-0.4, -0.2) is 40.7 Å². The van der Waals surface area contributed by atoms with E-state index in [1.165, 1.54) is 15.6 Å². The van der Waals surface area contributed by atoms with Gasteiger partial charge in [-0.15, -0.1) is 11.3 Å². The molecule has 3 rings (SSSR count). The van der Waals surface area contributed by atoms with Gasteiger partial charge in [0, 0.05) is 44.3 Å². The second kappa shape index (κ2) is 5.89. The fourth-order valence-electron chi connectivity index (χ4n) is 2.46. The summed E-state index contributed by atoms with van der Waals surface area (Å²) in [6.07, 6.45) is 1.53. The molecule has 0 bridgehead atoms. The van der Waals surface area contributed by atoms with E-state index in [1.54, 1.807) is 18.4 Å². The number of piperazine rings is 1. The van der Waals surface area contributed by atoms with E-state index in [9.17, 15) is 4.79 Å². The Morgan fingerprint density at radius 2 is 1.77 bits per heavy atom. The van der Waals surface area contributed by atoms with Gasteiger partial charge in [0.25, 0.3) is 5.56 Å². The quantitative estimate of drug-likeness (QED) is 0.835. The summed E-state index contributed by atoms with van der Waals surface area (Å²) in [4.78, 5) is 26.5. The van der Waals surface area contributed by atoms with Gasteiger partial charge in [-0.1, -0.05) is 11.6 Å². The van der Waals surface area contributed by atoms with E-state index in [-0.39, 0.29) is 5.56 Å². The maximum atomic E-state index is 12.2. The van der Waals surface area contributed by atoms with Crippen LogP contribution >= 0.6 is 22.9 Å². The molecule has 1 fully saturated rings. The van der Waals surface area contributed by atoms with Crippen molar-refractivity contribution in [3.8, 4) is 0 Å². The standard InChI is InChI=1S/C14H18ClN5OS/c1-9-10(2)22-14(16-9)20-6-4-19(5-7-20)12-13(21)18(3)8-11(15)17-12/h8H,4-7H2,1-3H3. The maximum Gasteiger partial charge on any atom is 0.293 e. The third kappa shape index (κ3) is 2.83. The van der Waals surface area contributed by atoms with Gasteiger partial charge >= 0.3 is 0 Å². The molecule has 1 aliphatic rings. The van der Waals surface area contributed by atoms with Gasteiger partial charge in [0.05, 0.1) is 5.69 Å². The molecule has 2 aromatic heterocycles. The summed E-state index contributed by atoms with van der Waals surface area (Å²) in [5.41, 5.74) is 0.978. The Morgan fingerprint density at radius 1 is 1.14 bits per heavy atom. The van der Waals surface area contributed by atoms with E-state index in [1.807, 2.05) is 11.8 Å². The van der Waals surface area contributed by atoms with Crippen LogP contribution in [0.4, 0.5) is 10.9 Å². The summed E-state index contributed by atoms with van der Waals surface area (Å²) in [6.45, 7) is 7.24. The molecule has 1 aliphatic heterocycles. The van der Waals surface area contributed by atoms with Crippen molar-refractivity contribution in [1.29, 1.82) is 0 Å². The average molecular weight is 340 g/mol. The van der Waals surface area contributed by atoms with Crippen LogP contribution in [0.3, 0.4) is 0 Å². The predicted octanol–water partition coefficient (Wildman–Crippen LogP) is 1.83. The molecule has 3 heterocycles. The van der Waals surface area contributed by atoms with Crippen molar-refractivity contribution < 1.29 is 0 Å². The van der Waals surface area contributed by atoms with Gasteiger partial charge < -0.3 is 14.4 Å². The molecule has 0 N–H and O–H groups in total. The highest BCUT2D eigenvalue weighted by Gasteiger charge is 2.23. The highest BCUT2D eigenvalue weighted by molar-refractivity contribution is 7.15. The molecule has 6 nitrogen and oxygen atoms in total. The third-order valence-corrected chi connectivity index (χ3v) is 5.21. The lowest BCUT2D eigenvalue weighted by Crippen LogP contribution is -2.48. The Bertz CT molecular complexity index is 729. The van der Waals surface area contributed by atoms with Crippen molar-refractivity contribution >= 4 is 33.9 Å². The zero-order valence-electron chi connectivity index (χ0n) is 12.8. The van der Waals surface area contributed by atoms with Crippen LogP contribution in [0.2, 0.25) is 5.15 Å². The van der Waals surface area contributed by atoms with E-state index < -0.39 is 0 Å². The maximum absolute atomic E-state index is 12.2. The van der Waals surface area contributed by atoms with E-state index in [0.29, 0.717) is 11.0 Å². The molecule has 0 amide bonds. The molecular formula is C14H18ClN5OS. The molecule has 0 atom stereocenters. The van der Waals surface area contributed by atoms with Crippen LogP contribution < -0.4 is 15.4 Å². The van der Waals surface area contributed by atoms with Gasteiger partial charge in [0.2, 0.25) is 0 Å². The van der Waals surface area contributed by atoms with Crippen LogP contribution in [0.5, 0.6) is 0 Å². The number of halogens is 1. The lowest BCUT2D eigenvalue weighted by atomic mass is 10.3. The monoisotopic (exact) mass is 339 g/mol. The van der Waals surface area contributed by atoms with Crippen LogP contribution in [0.1, 0.15) is 10.6 Å². The van der Waals surface area contributed by atoms with Crippen LogP contribution in [-0.2, 0) is 7.05 Å². The number of anilines is 2. The van der Waals surface area contributed by atoms with Gasteiger partial charge in [-0.25, -0.2) is 9.97 Å². The number of hydrogen-bond acceptors (Lipinski definition) is 6. The average Bonchev–Trinajstić information content (AvgIpc) is 2.83. The highest BCUT2D eigenvalue weighted by Crippen LogP contribution is 2.26. The molecule has 0 unspecified atom stereocenters. The van der Waals surface area contributed by atoms with Crippen LogP contribution in [0.15, 0.2) is 11.0 Å². The highest BCUT2D eigenvalue weighted by atomic mass is 35.5. The normalized spacial score (nSPS) is 15.5. The van der Waals surface area contributed by atoms with Gasteiger partial charge in [0.1, 0.15) is 5.15 Å². The number of nitrogens with zero attached hydrogens (tertiary/aromatic N) is 5. The Labute approximate surface area is 138 Å². The van der Waals surface area contributed by atoms with Crippen molar-refractivity contribution in [2.24, 2.45) is 7.05 Å². The molecule has 8 heteroatoms. The van der Waals surface area contributed by atoms with Crippen molar-refractivity contribution in [3.05, 3.63) is 32.3 Å². The zero-order chi connectivity index (χ0) is 15.9. The first-order chi connectivity index (χ1) is 10.5. The smallest absolute Gasteiger partial charge is 0.293 e. The van der Waals surface area contributed by atoms with Crippen molar-refractivity contribution in [3.63, 3.8) is 0 Å². The molecule has 0 radical (unpaired) electrons. The number of hydrogen-bond donors (Lipinski definition) is 0. The molecule has 0 aliphatic carbocycles. The van der Waals surface area contributed by atoms with Crippen LogP contribution in [0, 0.1) is 13.8 Å². The van der Waals surface area contributed by atoms with Gasteiger partial charge in [-0.3, -0.25) is 4.79 Å². The fraction of sp³-hybridized carbons (Fsp3) is 0.500. The first-order valence-electron chi connectivity index (χ1n) is 7.13. The zero-order valence-corrected chi connectivity index (χ0v) is 14.4. The van der Waals surface area contributed by atoms with E-state index in [4.69, 9.17) is 11.6 Å². The predicted molar refractivity (Wildman–Crippen MR) is 90.5 cm³/mol.